The number of hydrogen-bond acceptors (Lipinski definition) is 5. The van der Waals surface area contributed by atoms with E-state index in [1.54, 1.807) is 30.3 Å². The molecule has 6 nitrogen and oxygen atoms in total. The van der Waals surface area contributed by atoms with Crippen LogP contribution >= 0.6 is 15.9 Å². The fraction of sp³-hybridized carbons (Fsp3) is 0.222. The average molecular weight is 523 g/mol. The molecule has 3 aromatic rings. The van der Waals surface area contributed by atoms with Gasteiger partial charge >= 0.3 is 5.97 Å². The number of hydrazone groups is 1. The van der Waals surface area contributed by atoms with Gasteiger partial charge in [0.2, 0.25) is 0 Å². The average Bonchev–Trinajstić information content (AvgIpc) is 2.79. The van der Waals surface area contributed by atoms with E-state index >= 15 is 0 Å². The van der Waals surface area contributed by atoms with Crippen molar-refractivity contribution in [3.8, 4) is 11.5 Å². The van der Waals surface area contributed by atoms with Gasteiger partial charge in [-0.1, -0.05) is 59.6 Å². The third-order valence-electron chi connectivity index (χ3n) is 5.00. The molecule has 0 aliphatic carbocycles. The van der Waals surface area contributed by atoms with Gasteiger partial charge in [-0.2, -0.15) is 5.10 Å². The van der Waals surface area contributed by atoms with Crippen LogP contribution in [0.3, 0.4) is 0 Å². The molecule has 1 N–H and O–H groups in total. The van der Waals surface area contributed by atoms with Crippen LogP contribution in [-0.4, -0.2) is 24.7 Å². The quantitative estimate of drug-likeness (QED) is 0.172. The third-order valence-corrected chi connectivity index (χ3v) is 5.50. The van der Waals surface area contributed by atoms with E-state index in [1.807, 2.05) is 44.2 Å². The molecule has 7 heteroatoms. The fourth-order valence-corrected chi connectivity index (χ4v) is 3.53. The topological polar surface area (TPSA) is 77.0 Å². The second kappa shape index (κ2) is 11.6. The molecule has 34 heavy (non-hydrogen) atoms. The Hall–Kier alpha value is -3.45. The van der Waals surface area contributed by atoms with Crippen LogP contribution in [0.15, 0.2) is 70.2 Å². The molecule has 0 bridgehead atoms. The summed E-state index contributed by atoms with van der Waals surface area (Å²) in [7, 11) is 0. The minimum absolute atomic E-state index is 0.172. The summed E-state index contributed by atoms with van der Waals surface area (Å²) in [6.45, 7) is 7.89. The SMILES string of the molecule is Cc1ccc(C(=O)Oc2ccc(Br)cc2/C=N/NC(=O)COc2cc(C)ccc2C(C)C)cc1. The van der Waals surface area contributed by atoms with E-state index < -0.39 is 11.9 Å². The molecular weight excluding hydrogens is 496 g/mol. The van der Waals surface area contributed by atoms with Crippen LogP contribution < -0.4 is 14.9 Å². The lowest BCUT2D eigenvalue weighted by molar-refractivity contribution is -0.123. The standard InChI is InChI=1S/C27H27BrN2O4/c1-17(2)23-11-7-19(4)13-25(23)33-16-26(31)30-29-15-21-14-22(28)10-12-24(21)34-27(32)20-8-5-18(3)6-9-20/h5-15,17H,16H2,1-4H3,(H,30,31)/b29-15+. The van der Waals surface area contributed by atoms with E-state index in [9.17, 15) is 9.59 Å². The van der Waals surface area contributed by atoms with Crippen molar-refractivity contribution in [1.29, 1.82) is 0 Å². The van der Waals surface area contributed by atoms with Gasteiger partial charge in [0.25, 0.3) is 5.91 Å². The number of halogens is 1. The first-order chi connectivity index (χ1) is 16.2. The summed E-state index contributed by atoms with van der Waals surface area (Å²) in [5, 5.41) is 4.01. The summed E-state index contributed by atoms with van der Waals surface area (Å²) in [5.41, 5.74) is 6.57. The minimum atomic E-state index is -0.478. The van der Waals surface area contributed by atoms with Gasteiger partial charge in [-0.15, -0.1) is 0 Å². The van der Waals surface area contributed by atoms with Crippen LogP contribution in [0.1, 0.15) is 52.4 Å². The zero-order valence-electron chi connectivity index (χ0n) is 19.6. The number of ether oxygens (including phenoxy) is 2. The van der Waals surface area contributed by atoms with Crippen LogP contribution in [-0.2, 0) is 4.79 Å². The first kappa shape index (κ1) is 25.2. The highest BCUT2D eigenvalue weighted by atomic mass is 79.9. The van der Waals surface area contributed by atoms with Gasteiger partial charge < -0.3 is 9.47 Å². The van der Waals surface area contributed by atoms with Crippen molar-refractivity contribution in [3.63, 3.8) is 0 Å². The number of rotatable bonds is 8. The Morgan fingerprint density at radius 2 is 1.68 bits per heavy atom. The Labute approximate surface area is 208 Å². The Morgan fingerprint density at radius 1 is 0.971 bits per heavy atom. The number of hydrogen-bond donors (Lipinski definition) is 1. The number of aryl methyl sites for hydroxylation is 2. The van der Waals surface area contributed by atoms with E-state index in [0.717, 1.165) is 21.2 Å². The smallest absolute Gasteiger partial charge is 0.343 e. The summed E-state index contributed by atoms with van der Waals surface area (Å²) in [4.78, 5) is 24.8. The molecule has 0 atom stereocenters. The molecule has 0 aliphatic heterocycles. The predicted molar refractivity (Wildman–Crippen MR) is 137 cm³/mol. The van der Waals surface area contributed by atoms with Gasteiger partial charge in [-0.05, 0) is 67.3 Å². The Bertz CT molecular complexity index is 1200. The fourth-order valence-electron chi connectivity index (χ4n) is 3.15. The number of nitrogens with zero attached hydrogens (tertiary/aromatic N) is 1. The Kier molecular flexibility index (Phi) is 8.60. The van der Waals surface area contributed by atoms with Crippen molar-refractivity contribution in [3.05, 3.63) is 93.0 Å². The van der Waals surface area contributed by atoms with Crippen molar-refractivity contribution in [1.82, 2.24) is 5.43 Å². The molecule has 0 fully saturated rings. The van der Waals surface area contributed by atoms with E-state index in [4.69, 9.17) is 9.47 Å². The first-order valence-electron chi connectivity index (χ1n) is 10.9. The summed E-state index contributed by atoms with van der Waals surface area (Å²) in [5.74, 6) is 0.402. The van der Waals surface area contributed by atoms with Crippen LogP contribution in [0.2, 0.25) is 0 Å². The molecule has 0 aliphatic rings. The summed E-state index contributed by atoms with van der Waals surface area (Å²) in [6.07, 6.45) is 1.42. The van der Waals surface area contributed by atoms with Crippen molar-refractivity contribution in [2.75, 3.05) is 6.61 Å². The second-order valence-electron chi connectivity index (χ2n) is 8.22. The highest BCUT2D eigenvalue weighted by molar-refractivity contribution is 9.10. The Balaban J connectivity index is 1.64. The van der Waals surface area contributed by atoms with Gasteiger partial charge in [0.15, 0.2) is 6.61 Å². The zero-order valence-corrected chi connectivity index (χ0v) is 21.2. The number of nitrogens with one attached hydrogen (secondary N) is 1. The number of carbonyl (C=O) groups is 2. The number of esters is 1. The highest BCUT2D eigenvalue weighted by Crippen LogP contribution is 2.27. The summed E-state index contributed by atoms with van der Waals surface area (Å²) < 4.78 is 12.1. The maximum atomic E-state index is 12.5. The minimum Gasteiger partial charge on any atom is -0.483 e. The summed E-state index contributed by atoms with van der Waals surface area (Å²) in [6, 6.07) is 18.2. The molecule has 0 spiro atoms. The van der Waals surface area contributed by atoms with Crippen LogP contribution in [0.25, 0.3) is 0 Å². The molecule has 0 saturated heterocycles. The van der Waals surface area contributed by atoms with Gasteiger partial charge in [0.05, 0.1) is 11.8 Å². The lowest BCUT2D eigenvalue weighted by Crippen LogP contribution is -2.25. The highest BCUT2D eigenvalue weighted by Gasteiger charge is 2.12. The van der Waals surface area contributed by atoms with Gasteiger partial charge in [-0.3, -0.25) is 4.79 Å². The molecule has 0 saturated carbocycles. The molecular formula is C27H27BrN2O4. The van der Waals surface area contributed by atoms with Crippen molar-refractivity contribution in [2.24, 2.45) is 5.10 Å². The first-order valence-corrected chi connectivity index (χ1v) is 11.7. The largest absolute Gasteiger partial charge is 0.483 e. The lowest BCUT2D eigenvalue weighted by Gasteiger charge is -2.14. The monoisotopic (exact) mass is 522 g/mol. The van der Waals surface area contributed by atoms with Crippen LogP contribution in [0.5, 0.6) is 11.5 Å². The predicted octanol–water partition coefficient (Wildman–Crippen LogP) is 5.94. The molecule has 176 valence electrons. The molecule has 0 aromatic heterocycles. The van der Waals surface area contributed by atoms with E-state index in [-0.39, 0.29) is 12.5 Å². The molecule has 0 radical (unpaired) electrons. The van der Waals surface area contributed by atoms with Crippen molar-refractivity contribution in [2.45, 2.75) is 33.6 Å². The third kappa shape index (κ3) is 7.02. The van der Waals surface area contributed by atoms with Gasteiger partial charge in [-0.25, -0.2) is 10.2 Å². The van der Waals surface area contributed by atoms with Crippen molar-refractivity contribution < 1.29 is 19.1 Å². The summed E-state index contributed by atoms with van der Waals surface area (Å²) >= 11 is 3.40. The molecule has 3 rings (SSSR count). The van der Waals surface area contributed by atoms with E-state index in [0.29, 0.717) is 22.6 Å². The number of amides is 1. The molecule has 3 aromatic carbocycles. The number of carbonyl (C=O) groups excluding carboxylic acids is 2. The van der Waals surface area contributed by atoms with Crippen LogP contribution in [0, 0.1) is 13.8 Å². The molecule has 1 amide bonds. The van der Waals surface area contributed by atoms with E-state index in [2.05, 4.69) is 40.3 Å². The van der Waals surface area contributed by atoms with Gasteiger partial charge in [0.1, 0.15) is 11.5 Å². The Morgan fingerprint density at radius 3 is 2.38 bits per heavy atom. The maximum absolute atomic E-state index is 12.5. The zero-order chi connectivity index (χ0) is 24.7. The maximum Gasteiger partial charge on any atom is 0.343 e. The van der Waals surface area contributed by atoms with E-state index in [1.165, 1.54) is 6.21 Å². The molecule has 0 unspecified atom stereocenters. The number of benzene rings is 3. The lowest BCUT2D eigenvalue weighted by atomic mass is 10.0. The second-order valence-corrected chi connectivity index (χ2v) is 9.13. The van der Waals surface area contributed by atoms with Crippen LogP contribution in [0.4, 0.5) is 0 Å². The normalized spacial score (nSPS) is 11.0. The molecule has 0 heterocycles. The van der Waals surface area contributed by atoms with Gasteiger partial charge in [0, 0.05) is 10.0 Å². The van der Waals surface area contributed by atoms with Crippen molar-refractivity contribution >= 4 is 34.0 Å².